The molecule has 9 heteroatoms. The zero-order valence-electron chi connectivity index (χ0n) is 7.10. The van der Waals surface area contributed by atoms with Crippen molar-refractivity contribution in [3.63, 3.8) is 0 Å². The Morgan fingerprint density at radius 1 is 0.933 bits per heavy atom. The molecule has 1 aromatic rings. The maximum atomic E-state index is 11.2. The van der Waals surface area contributed by atoms with Crippen molar-refractivity contribution in [1.29, 1.82) is 0 Å². The molecule has 0 amide bonds. The Morgan fingerprint density at radius 2 is 1.47 bits per heavy atom. The summed E-state index contributed by atoms with van der Waals surface area (Å²) in [6, 6.07) is 6.71. The predicted octanol–water partition coefficient (Wildman–Crippen LogP) is 0.126. The predicted molar refractivity (Wildman–Crippen MR) is 47.3 cm³/mol. The number of hydrogen-bond acceptors (Lipinski definition) is 6. The molecule has 0 bridgehead atoms. The first-order chi connectivity index (χ1) is 6.81. The van der Waals surface area contributed by atoms with Crippen molar-refractivity contribution in [3.05, 3.63) is 30.3 Å². The summed E-state index contributed by atoms with van der Waals surface area (Å²) in [6.07, 6.45) is 0. The van der Waals surface area contributed by atoms with Crippen molar-refractivity contribution < 1.29 is 30.1 Å². The van der Waals surface area contributed by atoms with Crippen molar-refractivity contribution in [3.8, 4) is 0 Å². The van der Waals surface area contributed by atoms with Gasteiger partial charge in [0.05, 0.1) is 4.90 Å². The summed E-state index contributed by atoms with van der Waals surface area (Å²) < 4.78 is 57.4. The summed E-state index contributed by atoms with van der Waals surface area (Å²) in [4.78, 5) is -0.298. The van der Waals surface area contributed by atoms with Gasteiger partial charge in [0, 0.05) is 0 Å². The second-order valence-electron chi connectivity index (χ2n) is 2.33. The van der Waals surface area contributed by atoms with E-state index in [0.29, 0.717) is 0 Å². The monoisotopic (exact) mass is 254 g/mol. The summed E-state index contributed by atoms with van der Waals surface area (Å²) in [5, 5.41) is 0. The van der Waals surface area contributed by atoms with Crippen molar-refractivity contribution >= 4 is 20.5 Å². The maximum absolute atomic E-state index is 11.2. The minimum Gasteiger partial charge on any atom is -0.262 e. The highest BCUT2D eigenvalue weighted by atomic mass is 32.3. The highest BCUT2D eigenvalue weighted by Gasteiger charge is 2.19. The third-order valence-corrected chi connectivity index (χ3v) is 2.66. The van der Waals surface area contributed by atoms with Crippen LogP contribution >= 0.6 is 0 Å². The molecule has 0 spiro atoms. The molecule has 15 heavy (non-hydrogen) atoms. The number of benzene rings is 1. The fraction of sp³-hybridized carbons (Fsp3) is 0. The largest absolute Gasteiger partial charge is 0.425 e. The minimum atomic E-state index is -4.97. The zero-order valence-corrected chi connectivity index (χ0v) is 8.73. The van der Waals surface area contributed by atoms with Crippen LogP contribution in [0.2, 0.25) is 0 Å². The molecule has 0 aliphatic carbocycles. The third-order valence-electron chi connectivity index (χ3n) is 1.24. The van der Waals surface area contributed by atoms with E-state index in [1.807, 2.05) is 0 Å². The van der Waals surface area contributed by atoms with Gasteiger partial charge in [-0.05, 0) is 12.1 Å². The molecule has 0 heterocycles. The molecule has 0 aromatic heterocycles. The van der Waals surface area contributed by atoms with E-state index in [1.54, 1.807) is 6.07 Å². The molecule has 1 rings (SSSR count). The van der Waals surface area contributed by atoms with E-state index < -0.39 is 20.5 Å². The summed E-state index contributed by atoms with van der Waals surface area (Å²) in [7, 11) is -9.32. The fourth-order valence-electron chi connectivity index (χ4n) is 0.698. The second-order valence-corrected chi connectivity index (χ2v) is 4.84. The van der Waals surface area contributed by atoms with Gasteiger partial charge in [0.25, 0.3) is 0 Å². The van der Waals surface area contributed by atoms with Gasteiger partial charge in [0.1, 0.15) is 0 Å². The lowest BCUT2D eigenvalue weighted by atomic mass is 10.4. The maximum Gasteiger partial charge on any atom is 0.425 e. The molecule has 0 atom stereocenters. The van der Waals surface area contributed by atoms with Gasteiger partial charge in [-0.2, -0.15) is 16.8 Å². The van der Waals surface area contributed by atoms with E-state index in [4.69, 9.17) is 4.55 Å². The molecule has 0 aliphatic rings. The van der Waals surface area contributed by atoms with E-state index in [-0.39, 0.29) is 4.90 Å². The van der Waals surface area contributed by atoms with Crippen molar-refractivity contribution in [2.45, 2.75) is 4.90 Å². The van der Waals surface area contributed by atoms with Crippen molar-refractivity contribution in [2.24, 2.45) is 0 Å². The molecule has 0 unspecified atom stereocenters. The average molecular weight is 254 g/mol. The van der Waals surface area contributed by atoms with Gasteiger partial charge >= 0.3 is 20.5 Å². The van der Waals surface area contributed by atoms with Crippen LogP contribution in [-0.4, -0.2) is 21.4 Å². The van der Waals surface area contributed by atoms with Crippen LogP contribution in [0.1, 0.15) is 0 Å². The van der Waals surface area contributed by atoms with Gasteiger partial charge in [-0.25, -0.2) is 0 Å². The Kier molecular flexibility index (Phi) is 3.42. The first-order valence-electron chi connectivity index (χ1n) is 3.46. The number of hydrogen-bond donors (Lipinski definition) is 1. The van der Waals surface area contributed by atoms with E-state index in [9.17, 15) is 16.8 Å². The smallest absolute Gasteiger partial charge is 0.262 e. The standard InChI is InChI=1S/C6H6O7S2/c7-14(8,12-13-15(9,10)11)6-4-2-1-3-5-6/h1-5H,(H,9,10,11). The van der Waals surface area contributed by atoms with Gasteiger partial charge < -0.3 is 0 Å². The molecule has 0 saturated carbocycles. The molecule has 1 aromatic carbocycles. The molecule has 1 N–H and O–H groups in total. The van der Waals surface area contributed by atoms with Crippen LogP contribution in [0, 0.1) is 0 Å². The third kappa shape index (κ3) is 3.93. The van der Waals surface area contributed by atoms with Gasteiger partial charge in [0.2, 0.25) is 0 Å². The van der Waals surface area contributed by atoms with E-state index >= 15 is 0 Å². The summed E-state index contributed by atoms with van der Waals surface area (Å²) in [5.41, 5.74) is 0. The molecule has 0 saturated heterocycles. The lowest BCUT2D eigenvalue weighted by Gasteiger charge is -2.01. The molecular weight excluding hydrogens is 248 g/mol. The topological polar surface area (TPSA) is 107 Å². The lowest BCUT2D eigenvalue weighted by molar-refractivity contribution is -0.0952. The van der Waals surface area contributed by atoms with Crippen LogP contribution in [-0.2, 0) is 29.2 Å². The Labute approximate surface area is 86.3 Å². The molecule has 0 fully saturated rings. The minimum absolute atomic E-state index is 0.298. The molecular formula is C6H6O7S2. The van der Waals surface area contributed by atoms with Gasteiger partial charge in [-0.1, -0.05) is 26.9 Å². The van der Waals surface area contributed by atoms with E-state index in [2.05, 4.69) is 8.67 Å². The van der Waals surface area contributed by atoms with Crippen molar-refractivity contribution in [2.75, 3.05) is 0 Å². The Balaban J connectivity index is 2.87. The fourth-order valence-corrected chi connectivity index (χ4v) is 1.84. The van der Waals surface area contributed by atoms with Crippen LogP contribution in [0.15, 0.2) is 35.2 Å². The lowest BCUT2D eigenvalue weighted by Crippen LogP contribution is -2.11. The molecule has 84 valence electrons. The summed E-state index contributed by atoms with van der Waals surface area (Å²) in [6.45, 7) is 0. The highest BCUT2D eigenvalue weighted by Crippen LogP contribution is 2.12. The first-order valence-corrected chi connectivity index (χ1v) is 6.24. The van der Waals surface area contributed by atoms with Crippen LogP contribution in [0.4, 0.5) is 0 Å². The number of rotatable bonds is 4. The molecule has 0 radical (unpaired) electrons. The quantitative estimate of drug-likeness (QED) is 0.462. The zero-order chi connectivity index (χ0) is 11.5. The van der Waals surface area contributed by atoms with Crippen LogP contribution < -0.4 is 0 Å². The van der Waals surface area contributed by atoms with Gasteiger partial charge in [-0.15, -0.1) is 0 Å². The highest BCUT2D eigenvalue weighted by molar-refractivity contribution is 7.87. The van der Waals surface area contributed by atoms with Crippen LogP contribution in [0.3, 0.4) is 0 Å². The van der Waals surface area contributed by atoms with Crippen LogP contribution in [0.5, 0.6) is 0 Å². The Morgan fingerprint density at radius 3 is 1.93 bits per heavy atom. The molecule has 7 nitrogen and oxygen atoms in total. The Bertz CT molecular complexity index is 516. The van der Waals surface area contributed by atoms with E-state index in [0.717, 1.165) is 0 Å². The van der Waals surface area contributed by atoms with E-state index in [1.165, 1.54) is 24.3 Å². The normalized spacial score (nSPS) is 12.6. The van der Waals surface area contributed by atoms with Gasteiger partial charge in [-0.3, -0.25) is 4.55 Å². The summed E-state index contributed by atoms with van der Waals surface area (Å²) in [5.74, 6) is 0. The Hall–Kier alpha value is -1.00. The van der Waals surface area contributed by atoms with Crippen LogP contribution in [0.25, 0.3) is 0 Å². The van der Waals surface area contributed by atoms with Gasteiger partial charge in [0.15, 0.2) is 0 Å². The summed E-state index contributed by atoms with van der Waals surface area (Å²) >= 11 is 0. The first kappa shape index (κ1) is 12.1. The van der Waals surface area contributed by atoms with Crippen molar-refractivity contribution in [1.82, 2.24) is 0 Å². The average Bonchev–Trinajstić information content (AvgIpc) is 2.16. The second kappa shape index (κ2) is 4.24. The molecule has 0 aliphatic heterocycles. The SMILES string of the molecule is O=S(=O)(O)OOS(=O)(=O)c1ccccc1.